The summed E-state index contributed by atoms with van der Waals surface area (Å²) in [6, 6.07) is 13.6. The van der Waals surface area contributed by atoms with Crippen LogP contribution in [0.25, 0.3) is 6.08 Å². The van der Waals surface area contributed by atoms with E-state index in [4.69, 9.17) is 4.74 Å². The van der Waals surface area contributed by atoms with Gasteiger partial charge in [0.25, 0.3) is 5.91 Å². The average molecular weight is 491 g/mol. The number of ether oxygens (including phenoxy) is 1. The summed E-state index contributed by atoms with van der Waals surface area (Å²) in [6.45, 7) is 1.11. The summed E-state index contributed by atoms with van der Waals surface area (Å²) >= 11 is 6.74. The van der Waals surface area contributed by atoms with Gasteiger partial charge in [0.1, 0.15) is 11.6 Å². The van der Waals surface area contributed by atoms with Crippen LogP contribution in [0.5, 0.6) is 0 Å². The fourth-order valence-corrected chi connectivity index (χ4v) is 4.17. The number of halogens is 2. The molecule has 0 spiro atoms. The number of benzene rings is 1. The van der Waals surface area contributed by atoms with Gasteiger partial charge < -0.3 is 10.1 Å². The Balaban J connectivity index is 1.90. The molecule has 1 aliphatic rings. The number of nitrogens with one attached hydrogen (secondary N) is 1. The van der Waals surface area contributed by atoms with Crippen molar-refractivity contribution in [3.05, 3.63) is 68.4 Å². The molecule has 1 aromatic heterocycles. The molecule has 0 aliphatic carbocycles. The quantitative estimate of drug-likeness (QED) is 0.511. The summed E-state index contributed by atoms with van der Waals surface area (Å²) in [6.07, 6.45) is 4.42. The van der Waals surface area contributed by atoms with Crippen molar-refractivity contribution in [3.8, 4) is 6.07 Å². The van der Waals surface area contributed by atoms with Gasteiger partial charge in [0.05, 0.1) is 11.2 Å². The van der Waals surface area contributed by atoms with Gasteiger partial charge in [0.2, 0.25) is 0 Å². The lowest BCUT2D eigenvalue weighted by Gasteiger charge is -2.38. The number of carbonyl (C=O) groups excluding carboxylic acids is 1. The zero-order valence-electron chi connectivity index (χ0n) is 14.4. The Morgan fingerprint density at radius 1 is 1.26 bits per heavy atom. The van der Waals surface area contributed by atoms with Crippen LogP contribution in [0.1, 0.15) is 24.1 Å². The highest BCUT2D eigenvalue weighted by Crippen LogP contribution is 2.32. The third-order valence-corrected chi connectivity index (χ3v) is 5.58. The Morgan fingerprint density at radius 3 is 2.59 bits per heavy atom. The largest absolute Gasteiger partial charge is 0.381 e. The van der Waals surface area contributed by atoms with Gasteiger partial charge in [-0.25, -0.2) is 0 Å². The molecule has 1 fully saturated rings. The minimum atomic E-state index is -0.545. The van der Waals surface area contributed by atoms with Crippen molar-refractivity contribution in [1.82, 2.24) is 10.3 Å². The van der Waals surface area contributed by atoms with Crippen LogP contribution in [0, 0.1) is 11.3 Å². The molecule has 1 aromatic carbocycles. The second kappa shape index (κ2) is 8.79. The summed E-state index contributed by atoms with van der Waals surface area (Å²) in [5, 5.41) is 12.6. The Morgan fingerprint density at radius 2 is 1.96 bits per heavy atom. The third kappa shape index (κ3) is 4.64. The van der Waals surface area contributed by atoms with Crippen LogP contribution >= 0.6 is 31.9 Å². The molecule has 1 saturated heterocycles. The van der Waals surface area contributed by atoms with Crippen molar-refractivity contribution < 1.29 is 9.53 Å². The number of hydrogen-bond acceptors (Lipinski definition) is 4. The summed E-state index contributed by atoms with van der Waals surface area (Å²) < 4.78 is 6.99. The highest BCUT2D eigenvalue weighted by atomic mass is 79.9. The van der Waals surface area contributed by atoms with Gasteiger partial charge in [-0.1, -0.05) is 30.3 Å². The molecule has 2 heterocycles. The Bertz CT molecular complexity index is 901. The number of aromatic nitrogens is 1. The topological polar surface area (TPSA) is 75.0 Å². The second-order valence-electron chi connectivity index (χ2n) is 6.21. The maximum Gasteiger partial charge on any atom is 0.262 e. The van der Waals surface area contributed by atoms with Crippen LogP contribution in [-0.4, -0.2) is 24.1 Å². The summed E-state index contributed by atoms with van der Waals surface area (Å²) in [5.41, 5.74) is 0.997. The van der Waals surface area contributed by atoms with E-state index in [0.717, 1.165) is 10.0 Å². The lowest BCUT2D eigenvalue weighted by molar-refractivity contribution is -0.120. The van der Waals surface area contributed by atoms with Crippen LogP contribution in [-0.2, 0) is 15.1 Å². The van der Waals surface area contributed by atoms with Crippen molar-refractivity contribution >= 4 is 43.8 Å². The van der Waals surface area contributed by atoms with Crippen LogP contribution in [0.2, 0.25) is 0 Å². The van der Waals surface area contributed by atoms with Crippen LogP contribution < -0.4 is 5.32 Å². The first kappa shape index (κ1) is 19.7. The molecule has 138 valence electrons. The normalized spacial score (nSPS) is 16.4. The fourth-order valence-electron chi connectivity index (χ4n) is 3.06. The zero-order valence-corrected chi connectivity index (χ0v) is 17.6. The number of amides is 1. The molecule has 0 atom stereocenters. The van der Waals surface area contributed by atoms with E-state index in [1.54, 1.807) is 6.20 Å². The predicted molar refractivity (Wildman–Crippen MR) is 110 cm³/mol. The van der Waals surface area contributed by atoms with Crippen molar-refractivity contribution in [3.63, 3.8) is 0 Å². The summed E-state index contributed by atoms with van der Waals surface area (Å²) in [7, 11) is 0. The van der Waals surface area contributed by atoms with Gasteiger partial charge in [-0.15, -0.1) is 0 Å². The summed E-state index contributed by atoms with van der Waals surface area (Å²) in [4.78, 5) is 17.2. The van der Waals surface area contributed by atoms with E-state index < -0.39 is 11.4 Å². The molecule has 27 heavy (non-hydrogen) atoms. The summed E-state index contributed by atoms with van der Waals surface area (Å²) in [5.74, 6) is -0.417. The molecule has 0 unspecified atom stereocenters. The molecule has 1 N–H and O–H groups in total. The lowest BCUT2D eigenvalue weighted by atomic mass is 9.82. The molecule has 0 bridgehead atoms. The number of pyridine rings is 1. The van der Waals surface area contributed by atoms with E-state index in [0.29, 0.717) is 36.2 Å². The number of nitrogens with zero attached hydrogens (tertiary/aromatic N) is 2. The highest BCUT2D eigenvalue weighted by Gasteiger charge is 2.36. The van der Waals surface area contributed by atoms with Gasteiger partial charge in [0.15, 0.2) is 0 Å². The van der Waals surface area contributed by atoms with Gasteiger partial charge in [-0.05, 0) is 62.4 Å². The van der Waals surface area contributed by atoms with E-state index in [1.807, 2.05) is 42.5 Å². The Kier molecular flexibility index (Phi) is 6.42. The van der Waals surface area contributed by atoms with E-state index >= 15 is 0 Å². The van der Waals surface area contributed by atoms with Gasteiger partial charge in [-0.3, -0.25) is 9.78 Å². The Labute approximate surface area is 174 Å². The van der Waals surface area contributed by atoms with E-state index in [1.165, 1.54) is 6.08 Å². The third-order valence-electron chi connectivity index (χ3n) is 4.51. The van der Waals surface area contributed by atoms with E-state index in [2.05, 4.69) is 42.2 Å². The van der Waals surface area contributed by atoms with Crippen molar-refractivity contribution in [1.29, 1.82) is 5.26 Å². The first-order valence-electron chi connectivity index (χ1n) is 8.43. The van der Waals surface area contributed by atoms with Gasteiger partial charge in [0, 0.05) is 28.4 Å². The molecule has 5 nitrogen and oxygen atoms in total. The van der Waals surface area contributed by atoms with Gasteiger partial charge in [-0.2, -0.15) is 5.26 Å². The number of rotatable bonds is 4. The van der Waals surface area contributed by atoms with E-state index in [-0.39, 0.29) is 5.57 Å². The molecule has 1 amide bonds. The smallest absolute Gasteiger partial charge is 0.262 e. The van der Waals surface area contributed by atoms with Crippen LogP contribution in [0.15, 0.2) is 57.1 Å². The molecule has 3 rings (SSSR count). The molecule has 0 radical (unpaired) electrons. The highest BCUT2D eigenvalue weighted by molar-refractivity contribution is 9.11. The lowest BCUT2D eigenvalue weighted by Crippen LogP contribution is -2.49. The maximum absolute atomic E-state index is 12.9. The fraction of sp³-hybridized carbons (Fsp3) is 0.250. The number of carbonyl (C=O) groups is 1. The minimum Gasteiger partial charge on any atom is -0.381 e. The van der Waals surface area contributed by atoms with E-state index in [9.17, 15) is 10.1 Å². The monoisotopic (exact) mass is 489 g/mol. The minimum absolute atomic E-state index is 0.00678. The molecular formula is C20H17Br2N3O2. The Hall–Kier alpha value is -2.01. The van der Waals surface area contributed by atoms with Gasteiger partial charge >= 0.3 is 0 Å². The SMILES string of the molecule is N#CC(=Cc1ncc(Br)cc1Br)C(=O)NC1(c2ccccc2)CCOCC1. The molecular weight excluding hydrogens is 474 g/mol. The molecule has 0 saturated carbocycles. The second-order valence-corrected chi connectivity index (χ2v) is 7.98. The van der Waals surface area contributed by atoms with Crippen molar-refractivity contribution in [2.24, 2.45) is 0 Å². The first-order valence-corrected chi connectivity index (χ1v) is 10.0. The van der Waals surface area contributed by atoms with Crippen LogP contribution in [0.3, 0.4) is 0 Å². The molecule has 2 aromatic rings. The zero-order chi connectivity index (χ0) is 19.3. The maximum atomic E-state index is 12.9. The molecule has 1 aliphatic heterocycles. The average Bonchev–Trinajstić information content (AvgIpc) is 2.69. The first-order chi connectivity index (χ1) is 13.0. The van der Waals surface area contributed by atoms with Crippen LogP contribution in [0.4, 0.5) is 0 Å². The van der Waals surface area contributed by atoms with Crippen molar-refractivity contribution in [2.75, 3.05) is 13.2 Å². The standard InChI is InChI=1S/C20H17Br2N3O2/c21-16-11-17(22)18(24-13-16)10-14(12-23)19(26)25-20(6-8-27-9-7-20)15-4-2-1-3-5-15/h1-5,10-11,13H,6-9H2,(H,25,26). The molecule has 7 heteroatoms. The van der Waals surface area contributed by atoms with Crippen molar-refractivity contribution in [2.45, 2.75) is 18.4 Å². The number of nitriles is 1. The number of hydrogen-bond donors (Lipinski definition) is 1. The predicted octanol–water partition coefficient (Wildman–Crippen LogP) is 4.34.